The summed E-state index contributed by atoms with van der Waals surface area (Å²) < 4.78 is 0.832. The van der Waals surface area contributed by atoms with Crippen LogP contribution in [0, 0.1) is 5.41 Å². The Labute approximate surface area is 110 Å². The maximum Gasteiger partial charge on any atom is 0.209 e. The van der Waals surface area contributed by atoms with E-state index < -0.39 is 0 Å². The summed E-state index contributed by atoms with van der Waals surface area (Å²) in [7, 11) is 2.09. The van der Waals surface area contributed by atoms with E-state index in [0.717, 1.165) is 29.4 Å². The minimum atomic E-state index is 0.207. The molecule has 1 saturated heterocycles. The van der Waals surface area contributed by atoms with Crippen molar-refractivity contribution in [1.82, 2.24) is 9.88 Å². The second-order valence-electron chi connectivity index (χ2n) is 5.25. The molecule has 1 aromatic heterocycles. The molecule has 0 bridgehead atoms. The highest BCUT2D eigenvalue weighted by Crippen LogP contribution is 2.58. The fourth-order valence-electron chi connectivity index (χ4n) is 2.89. The lowest BCUT2D eigenvalue weighted by atomic mass is 9.63. The van der Waals surface area contributed by atoms with Crippen LogP contribution in [0.15, 0.2) is 22.8 Å². The molecule has 2 aliphatic rings. The molecule has 3 atom stereocenters. The van der Waals surface area contributed by atoms with Crippen molar-refractivity contribution in [3.8, 4) is 0 Å². The Bertz CT molecular complexity index is 470. The van der Waals surface area contributed by atoms with Gasteiger partial charge in [0.15, 0.2) is 0 Å². The lowest BCUT2D eigenvalue weighted by molar-refractivity contribution is -0.118. The maximum absolute atomic E-state index is 11.1. The SMILES string of the molecule is C[C@@]12C[C@@H]([B]c3cccc(Br)n3)N(C=O)[C@@H]1C2. The molecule has 1 saturated carbocycles. The summed E-state index contributed by atoms with van der Waals surface area (Å²) in [5.74, 6) is 0.207. The molecule has 1 amide bonds. The minimum Gasteiger partial charge on any atom is -0.346 e. The van der Waals surface area contributed by atoms with Crippen LogP contribution in [0.1, 0.15) is 19.8 Å². The monoisotopic (exact) mass is 291 g/mol. The van der Waals surface area contributed by atoms with Gasteiger partial charge in [0, 0.05) is 17.6 Å². The highest BCUT2D eigenvalue weighted by molar-refractivity contribution is 9.10. The average molecular weight is 292 g/mol. The number of nitrogens with zero attached hydrogens (tertiary/aromatic N) is 2. The van der Waals surface area contributed by atoms with Gasteiger partial charge < -0.3 is 4.90 Å². The summed E-state index contributed by atoms with van der Waals surface area (Å²) in [5, 5.41) is 0. The van der Waals surface area contributed by atoms with Crippen LogP contribution in [0.25, 0.3) is 0 Å². The van der Waals surface area contributed by atoms with Crippen LogP contribution in [-0.4, -0.2) is 35.6 Å². The molecule has 3 nitrogen and oxygen atoms in total. The first kappa shape index (κ1) is 11.3. The van der Waals surface area contributed by atoms with E-state index >= 15 is 0 Å². The van der Waals surface area contributed by atoms with Crippen LogP contribution < -0.4 is 5.59 Å². The summed E-state index contributed by atoms with van der Waals surface area (Å²) in [5.41, 5.74) is 1.29. The third-order valence-corrected chi connectivity index (χ3v) is 4.39. The van der Waals surface area contributed by atoms with Gasteiger partial charge in [-0.3, -0.25) is 9.78 Å². The Morgan fingerprint density at radius 1 is 1.59 bits per heavy atom. The van der Waals surface area contributed by atoms with Gasteiger partial charge in [0.05, 0.1) is 0 Å². The van der Waals surface area contributed by atoms with Crippen molar-refractivity contribution in [3.05, 3.63) is 22.8 Å². The Hall–Kier alpha value is -0.835. The van der Waals surface area contributed by atoms with Crippen LogP contribution in [0.5, 0.6) is 0 Å². The molecule has 2 heterocycles. The number of likely N-dealkylation sites (tertiary alicyclic amines) is 1. The van der Waals surface area contributed by atoms with Crippen LogP contribution in [0.2, 0.25) is 0 Å². The molecule has 87 valence electrons. The zero-order valence-corrected chi connectivity index (χ0v) is 11.2. The molecule has 0 N–H and O–H groups in total. The second kappa shape index (κ2) is 3.84. The third-order valence-electron chi connectivity index (χ3n) is 3.94. The quantitative estimate of drug-likeness (QED) is 0.475. The summed E-state index contributed by atoms with van der Waals surface area (Å²) in [6, 6.07) is 6.29. The highest BCUT2D eigenvalue weighted by Gasteiger charge is 2.60. The molecule has 2 fully saturated rings. The van der Waals surface area contributed by atoms with E-state index in [2.05, 4.69) is 35.1 Å². The van der Waals surface area contributed by atoms with E-state index in [1.54, 1.807) is 0 Å². The number of hydrogen-bond donors (Lipinski definition) is 0. The third kappa shape index (κ3) is 1.90. The predicted molar refractivity (Wildman–Crippen MR) is 70.1 cm³/mol. The van der Waals surface area contributed by atoms with Crippen molar-refractivity contribution in [2.24, 2.45) is 5.41 Å². The number of halogens is 1. The topological polar surface area (TPSA) is 33.2 Å². The van der Waals surface area contributed by atoms with Gasteiger partial charge in [-0.15, -0.1) is 0 Å². The molecule has 5 heteroatoms. The van der Waals surface area contributed by atoms with E-state index in [-0.39, 0.29) is 5.94 Å². The van der Waals surface area contributed by atoms with Crippen molar-refractivity contribution >= 4 is 35.2 Å². The lowest BCUT2D eigenvalue weighted by Gasteiger charge is -2.22. The van der Waals surface area contributed by atoms with E-state index in [0.29, 0.717) is 11.5 Å². The van der Waals surface area contributed by atoms with Crippen molar-refractivity contribution in [1.29, 1.82) is 0 Å². The molecule has 0 unspecified atom stereocenters. The Kier molecular flexibility index (Phi) is 2.54. The predicted octanol–water partition coefficient (Wildman–Crippen LogP) is 1.14. The van der Waals surface area contributed by atoms with E-state index in [1.165, 1.54) is 0 Å². The van der Waals surface area contributed by atoms with Gasteiger partial charge >= 0.3 is 0 Å². The second-order valence-corrected chi connectivity index (χ2v) is 6.06. The standard InChI is InChI=1S/C12H13BBrN2O/c1-12-5-8(12)16(7-17)10(6-12)13-9-3-2-4-11(14)15-9/h2-4,7-8,10H,5-6H2,1H3/t8-,10+,12-/m1/s1. The molecule has 0 spiro atoms. The van der Waals surface area contributed by atoms with Gasteiger partial charge in [0.25, 0.3) is 0 Å². The summed E-state index contributed by atoms with van der Waals surface area (Å²) in [6.07, 6.45) is 3.20. The number of amides is 1. The van der Waals surface area contributed by atoms with Gasteiger partial charge in [-0.25, -0.2) is 0 Å². The molecule has 0 aromatic carbocycles. The minimum absolute atomic E-state index is 0.207. The van der Waals surface area contributed by atoms with Gasteiger partial charge in [0.2, 0.25) is 13.7 Å². The van der Waals surface area contributed by atoms with Gasteiger partial charge in [-0.05, 0) is 40.3 Å². The highest BCUT2D eigenvalue weighted by atomic mass is 79.9. The maximum atomic E-state index is 11.1. The van der Waals surface area contributed by atoms with E-state index in [1.807, 2.05) is 23.1 Å². The average Bonchev–Trinajstić information content (AvgIpc) is 2.83. The smallest absolute Gasteiger partial charge is 0.209 e. The van der Waals surface area contributed by atoms with Crippen molar-refractivity contribution in [3.63, 3.8) is 0 Å². The number of pyridine rings is 1. The number of carbonyl (C=O) groups is 1. The molecule has 1 aliphatic carbocycles. The Morgan fingerprint density at radius 2 is 2.41 bits per heavy atom. The van der Waals surface area contributed by atoms with E-state index in [9.17, 15) is 4.79 Å². The van der Waals surface area contributed by atoms with Crippen molar-refractivity contribution < 1.29 is 4.79 Å². The molecule has 1 aromatic rings. The normalized spacial score (nSPS) is 34.4. The Balaban J connectivity index is 1.76. The zero-order chi connectivity index (χ0) is 12.0. The largest absolute Gasteiger partial charge is 0.346 e. The van der Waals surface area contributed by atoms with Gasteiger partial charge in [-0.1, -0.05) is 19.1 Å². The first-order valence-electron chi connectivity index (χ1n) is 5.82. The number of rotatable bonds is 3. The number of carbonyl (C=O) groups excluding carboxylic acids is 1. The van der Waals surface area contributed by atoms with Gasteiger partial charge in [-0.2, -0.15) is 0 Å². The number of piperidine rings is 1. The lowest BCUT2D eigenvalue weighted by Crippen LogP contribution is -2.41. The molecule has 1 radical (unpaired) electrons. The van der Waals surface area contributed by atoms with Crippen molar-refractivity contribution in [2.75, 3.05) is 0 Å². The van der Waals surface area contributed by atoms with E-state index in [4.69, 9.17) is 0 Å². The molecule has 3 rings (SSSR count). The Morgan fingerprint density at radius 3 is 3.12 bits per heavy atom. The van der Waals surface area contributed by atoms with Crippen LogP contribution in [0.4, 0.5) is 0 Å². The number of aromatic nitrogens is 1. The summed E-state index contributed by atoms with van der Waals surface area (Å²) in [4.78, 5) is 17.5. The first-order chi connectivity index (χ1) is 8.12. The van der Waals surface area contributed by atoms with Crippen molar-refractivity contribution in [2.45, 2.75) is 31.7 Å². The zero-order valence-electron chi connectivity index (χ0n) is 9.64. The summed E-state index contributed by atoms with van der Waals surface area (Å²) in [6.45, 7) is 2.26. The number of fused-ring (bicyclic) bond motifs is 1. The van der Waals surface area contributed by atoms with Crippen LogP contribution in [0.3, 0.4) is 0 Å². The van der Waals surface area contributed by atoms with Crippen LogP contribution in [-0.2, 0) is 4.79 Å². The summed E-state index contributed by atoms with van der Waals surface area (Å²) >= 11 is 3.36. The van der Waals surface area contributed by atoms with Crippen LogP contribution >= 0.6 is 15.9 Å². The first-order valence-corrected chi connectivity index (χ1v) is 6.62. The fourth-order valence-corrected chi connectivity index (χ4v) is 3.25. The molecule has 1 aliphatic heterocycles. The number of hydrogen-bond acceptors (Lipinski definition) is 2. The molecular weight excluding hydrogens is 279 g/mol. The molecule has 17 heavy (non-hydrogen) atoms. The molecular formula is C12H13BBrN2O. The van der Waals surface area contributed by atoms with Gasteiger partial charge in [0.1, 0.15) is 4.60 Å². The fraction of sp³-hybridized carbons (Fsp3) is 0.500.